The van der Waals surface area contributed by atoms with Gasteiger partial charge in [-0.05, 0) is 30.5 Å². The van der Waals surface area contributed by atoms with Gasteiger partial charge in [0, 0.05) is 32.4 Å². The van der Waals surface area contributed by atoms with E-state index in [4.69, 9.17) is 4.74 Å². The first kappa shape index (κ1) is 22.3. The smallest absolute Gasteiger partial charge is 0.191 e. The van der Waals surface area contributed by atoms with Gasteiger partial charge in [0.05, 0.1) is 18.8 Å². The molecule has 1 unspecified atom stereocenters. The Morgan fingerprint density at radius 3 is 2.46 bits per heavy atom. The van der Waals surface area contributed by atoms with Gasteiger partial charge in [0.25, 0.3) is 0 Å². The molecule has 2 N–H and O–H groups in total. The summed E-state index contributed by atoms with van der Waals surface area (Å²) in [7, 11) is 3.68. The number of aromatic nitrogens is 2. The van der Waals surface area contributed by atoms with Gasteiger partial charge in [-0.2, -0.15) is 5.10 Å². The van der Waals surface area contributed by atoms with Crippen LogP contribution in [0.4, 0.5) is 0 Å². The molecule has 1 aromatic carbocycles. The Morgan fingerprint density at radius 1 is 1.23 bits per heavy atom. The summed E-state index contributed by atoms with van der Waals surface area (Å²) in [6.07, 6.45) is 3.83. The van der Waals surface area contributed by atoms with E-state index in [9.17, 15) is 0 Å². The number of hydrogen-bond donors (Lipinski definition) is 2. The van der Waals surface area contributed by atoms with Crippen LogP contribution in [0.5, 0.6) is 5.75 Å². The van der Waals surface area contributed by atoms with E-state index in [0.717, 1.165) is 23.9 Å². The van der Waals surface area contributed by atoms with Gasteiger partial charge >= 0.3 is 0 Å². The number of nitrogens with one attached hydrogen (secondary N) is 2. The maximum Gasteiger partial charge on any atom is 0.191 e. The number of ether oxygens (including phenoxy) is 1. The monoisotopic (exact) mass is 471 g/mol. The van der Waals surface area contributed by atoms with Crippen molar-refractivity contribution in [2.45, 2.75) is 33.4 Å². The largest absolute Gasteiger partial charge is 0.493 e. The molecular formula is C19H30IN5O. The van der Waals surface area contributed by atoms with Crippen molar-refractivity contribution in [3.63, 3.8) is 0 Å². The van der Waals surface area contributed by atoms with Crippen molar-refractivity contribution in [2.24, 2.45) is 18.0 Å². The number of halogens is 1. The fourth-order valence-electron chi connectivity index (χ4n) is 2.35. The Morgan fingerprint density at radius 2 is 1.92 bits per heavy atom. The van der Waals surface area contributed by atoms with E-state index in [1.165, 1.54) is 5.56 Å². The van der Waals surface area contributed by atoms with Crippen LogP contribution in [0, 0.1) is 5.92 Å². The number of nitrogens with zero attached hydrogens (tertiary/aromatic N) is 3. The highest BCUT2D eigenvalue weighted by Crippen LogP contribution is 2.18. The number of benzene rings is 1. The minimum Gasteiger partial charge on any atom is -0.493 e. The van der Waals surface area contributed by atoms with Crippen LogP contribution >= 0.6 is 24.0 Å². The van der Waals surface area contributed by atoms with Crippen LogP contribution in [0.15, 0.2) is 41.7 Å². The van der Waals surface area contributed by atoms with E-state index in [2.05, 4.69) is 53.6 Å². The van der Waals surface area contributed by atoms with E-state index in [0.29, 0.717) is 12.5 Å². The quantitative estimate of drug-likeness (QED) is 0.369. The van der Waals surface area contributed by atoms with Crippen LogP contribution in [-0.2, 0) is 13.6 Å². The summed E-state index contributed by atoms with van der Waals surface area (Å²) in [5, 5.41) is 10.9. The van der Waals surface area contributed by atoms with Crippen LogP contribution in [0.25, 0.3) is 0 Å². The third kappa shape index (κ3) is 7.23. The van der Waals surface area contributed by atoms with Gasteiger partial charge in [0.1, 0.15) is 5.75 Å². The lowest BCUT2D eigenvalue weighted by Gasteiger charge is -2.18. The Labute approximate surface area is 173 Å². The first-order valence-electron chi connectivity index (χ1n) is 8.65. The van der Waals surface area contributed by atoms with Crippen LogP contribution < -0.4 is 15.4 Å². The highest BCUT2D eigenvalue weighted by atomic mass is 127. The number of aryl methyl sites for hydroxylation is 1. The molecule has 0 aliphatic rings. The third-order valence-electron chi connectivity index (χ3n) is 3.76. The van der Waals surface area contributed by atoms with Gasteiger partial charge in [0.2, 0.25) is 0 Å². The third-order valence-corrected chi connectivity index (χ3v) is 3.76. The fourth-order valence-corrected chi connectivity index (χ4v) is 2.35. The Hall–Kier alpha value is -1.77. The zero-order valence-electron chi connectivity index (χ0n) is 16.2. The summed E-state index contributed by atoms with van der Waals surface area (Å²) in [6.45, 7) is 7.82. The summed E-state index contributed by atoms with van der Waals surface area (Å²) in [6, 6.07) is 8.34. The molecule has 2 aromatic rings. The highest BCUT2D eigenvalue weighted by molar-refractivity contribution is 14.0. The first-order valence-corrected chi connectivity index (χ1v) is 8.65. The van der Waals surface area contributed by atoms with Crippen LogP contribution in [0.2, 0.25) is 0 Å². The van der Waals surface area contributed by atoms with Crippen LogP contribution in [0.3, 0.4) is 0 Å². The lowest BCUT2D eigenvalue weighted by Crippen LogP contribution is -2.38. The molecule has 2 rings (SSSR count). The van der Waals surface area contributed by atoms with Crippen LogP contribution in [0.1, 0.15) is 37.9 Å². The number of rotatable bonds is 7. The summed E-state index contributed by atoms with van der Waals surface area (Å²) in [4.78, 5) is 4.28. The second-order valence-electron chi connectivity index (χ2n) is 6.59. The van der Waals surface area contributed by atoms with Gasteiger partial charge in [-0.1, -0.05) is 26.0 Å². The number of hydrogen-bond acceptors (Lipinski definition) is 3. The molecule has 1 atom stereocenters. The minimum atomic E-state index is 0. The topological polar surface area (TPSA) is 63.5 Å². The molecule has 0 saturated heterocycles. The van der Waals surface area contributed by atoms with Crippen molar-refractivity contribution in [3.8, 4) is 5.75 Å². The second-order valence-corrected chi connectivity index (χ2v) is 6.59. The molecule has 6 nitrogen and oxygen atoms in total. The molecule has 0 saturated carbocycles. The summed E-state index contributed by atoms with van der Waals surface area (Å²) in [5.74, 6) is 2.19. The van der Waals surface area contributed by atoms with E-state index in [-0.39, 0.29) is 30.0 Å². The van der Waals surface area contributed by atoms with Gasteiger partial charge < -0.3 is 15.4 Å². The molecule has 0 aliphatic heterocycles. The average molecular weight is 471 g/mol. The predicted molar refractivity (Wildman–Crippen MR) is 117 cm³/mol. The van der Waals surface area contributed by atoms with Crippen molar-refractivity contribution >= 4 is 29.9 Å². The normalized spacial score (nSPS) is 12.5. The van der Waals surface area contributed by atoms with E-state index < -0.39 is 0 Å². The summed E-state index contributed by atoms with van der Waals surface area (Å²) in [5.41, 5.74) is 2.30. The van der Waals surface area contributed by atoms with E-state index in [1.807, 2.05) is 31.6 Å². The molecule has 1 heterocycles. The average Bonchev–Trinajstić information content (AvgIpc) is 3.02. The first-order chi connectivity index (χ1) is 12.0. The molecule has 0 bridgehead atoms. The molecule has 0 spiro atoms. The van der Waals surface area contributed by atoms with Crippen molar-refractivity contribution in [1.29, 1.82) is 0 Å². The van der Waals surface area contributed by atoms with Gasteiger partial charge in [-0.3, -0.25) is 9.67 Å². The molecule has 0 radical (unpaired) electrons. The fraction of sp³-hybridized carbons (Fsp3) is 0.474. The molecule has 0 amide bonds. The maximum absolute atomic E-state index is 5.73. The standard InChI is InChI=1S/C19H29N5O.HI/c1-14(2)13-25-18-8-6-17(7-9-18)15(3)23-19(20-4)21-10-16-11-22-24(5)12-16;/h6-9,11-12,14-15H,10,13H2,1-5H3,(H2,20,21,23);1H. The van der Waals surface area contributed by atoms with Gasteiger partial charge in [-0.25, -0.2) is 0 Å². The number of aliphatic imine (C=N–C) groups is 1. The van der Waals surface area contributed by atoms with Crippen molar-refractivity contribution in [1.82, 2.24) is 20.4 Å². The minimum absolute atomic E-state index is 0. The molecule has 7 heteroatoms. The van der Waals surface area contributed by atoms with E-state index >= 15 is 0 Å². The van der Waals surface area contributed by atoms with Crippen molar-refractivity contribution in [2.75, 3.05) is 13.7 Å². The van der Waals surface area contributed by atoms with Gasteiger partial charge in [-0.15, -0.1) is 24.0 Å². The Balaban J connectivity index is 0.00000338. The number of guanidine groups is 1. The van der Waals surface area contributed by atoms with E-state index in [1.54, 1.807) is 11.7 Å². The van der Waals surface area contributed by atoms with Crippen molar-refractivity contribution in [3.05, 3.63) is 47.8 Å². The van der Waals surface area contributed by atoms with Gasteiger partial charge in [0.15, 0.2) is 5.96 Å². The molecule has 0 fully saturated rings. The maximum atomic E-state index is 5.73. The molecule has 0 aliphatic carbocycles. The summed E-state index contributed by atoms with van der Waals surface area (Å²) < 4.78 is 7.52. The van der Waals surface area contributed by atoms with Crippen molar-refractivity contribution < 1.29 is 4.74 Å². The molecule has 144 valence electrons. The molecule has 26 heavy (non-hydrogen) atoms. The SMILES string of the molecule is CN=C(NCc1cnn(C)c1)NC(C)c1ccc(OCC(C)C)cc1.I. The van der Waals surface area contributed by atoms with Crippen LogP contribution in [-0.4, -0.2) is 29.4 Å². The predicted octanol–water partition coefficient (Wildman–Crippen LogP) is 3.50. The lowest BCUT2D eigenvalue weighted by molar-refractivity contribution is 0.271. The summed E-state index contributed by atoms with van der Waals surface area (Å²) >= 11 is 0. The second kappa shape index (κ2) is 11.1. The zero-order valence-corrected chi connectivity index (χ0v) is 18.5. The molecular weight excluding hydrogens is 441 g/mol. The Kier molecular flexibility index (Phi) is 9.47. The highest BCUT2D eigenvalue weighted by Gasteiger charge is 2.08. The zero-order chi connectivity index (χ0) is 18.2. The molecule has 1 aromatic heterocycles. The Bertz CT molecular complexity index is 681. The lowest BCUT2D eigenvalue weighted by atomic mass is 10.1.